The molecule has 0 aromatic heterocycles. The van der Waals surface area contributed by atoms with Crippen LogP contribution in [0, 0.1) is 0 Å². The van der Waals surface area contributed by atoms with E-state index in [1.807, 2.05) is 0 Å². The Kier molecular flexibility index (Phi) is 6.55. The van der Waals surface area contributed by atoms with Crippen molar-refractivity contribution in [2.75, 3.05) is 18.8 Å². The van der Waals surface area contributed by atoms with Gasteiger partial charge in [-0.2, -0.15) is 0 Å². The Balaban J connectivity index is 2.73. The summed E-state index contributed by atoms with van der Waals surface area (Å²) in [6.45, 7) is 3.98. The first kappa shape index (κ1) is 18.2. The van der Waals surface area contributed by atoms with Crippen LogP contribution in [0.25, 0.3) is 0 Å². The van der Waals surface area contributed by atoms with Gasteiger partial charge in [-0.1, -0.05) is 19.1 Å². The molecule has 0 unspecified atom stereocenters. The molecule has 0 fully saturated rings. The van der Waals surface area contributed by atoms with Crippen molar-refractivity contribution >= 4 is 21.7 Å². The first-order valence-electron chi connectivity index (χ1n) is 7.11. The van der Waals surface area contributed by atoms with Crippen LogP contribution in [0.5, 0.6) is 0 Å². The second-order valence-electron chi connectivity index (χ2n) is 4.84. The number of sulfone groups is 1. The number of aliphatic carboxylic acids is 1. The van der Waals surface area contributed by atoms with Gasteiger partial charge < -0.3 is 10.0 Å². The fourth-order valence-electron chi connectivity index (χ4n) is 1.96. The van der Waals surface area contributed by atoms with Crippen molar-refractivity contribution in [1.82, 2.24) is 4.90 Å². The number of likely N-dealkylation sites (N-methyl/N-ethyl adjacent to an activating group) is 1. The Morgan fingerprint density at radius 1 is 1.14 bits per heavy atom. The van der Waals surface area contributed by atoms with Crippen molar-refractivity contribution in [2.45, 2.75) is 31.6 Å². The molecular weight excluding hydrogens is 306 g/mol. The summed E-state index contributed by atoms with van der Waals surface area (Å²) >= 11 is 0. The number of hydrogen-bond donors (Lipinski definition) is 1. The van der Waals surface area contributed by atoms with E-state index in [9.17, 15) is 18.0 Å². The third kappa shape index (κ3) is 5.14. The number of rotatable bonds is 8. The molecule has 0 aliphatic carbocycles. The van der Waals surface area contributed by atoms with E-state index in [1.165, 1.54) is 17.0 Å². The largest absolute Gasteiger partial charge is 0.481 e. The van der Waals surface area contributed by atoms with Crippen LogP contribution in [-0.4, -0.2) is 49.1 Å². The lowest BCUT2D eigenvalue weighted by Crippen LogP contribution is -2.34. The standard InChI is InChI=1S/C15H21NO5S/c1-3-16(10-9-15(18)19)14(17)11-12-5-7-13(8-6-12)22(20,21)4-2/h5-8H,3-4,9-11H2,1-2H3,(H,18,19). The zero-order valence-corrected chi connectivity index (χ0v) is 13.6. The molecular formula is C15H21NO5S. The molecule has 0 atom stereocenters. The number of hydrogen-bond acceptors (Lipinski definition) is 4. The number of carboxylic acid groups (broad SMARTS) is 1. The van der Waals surface area contributed by atoms with Crippen LogP contribution >= 0.6 is 0 Å². The molecule has 1 rings (SSSR count). The van der Waals surface area contributed by atoms with Gasteiger partial charge in [0, 0.05) is 13.1 Å². The monoisotopic (exact) mass is 327 g/mol. The second kappa shape index (κ2) is 7.93. The Hall–Kier alpha value is -1.89. The highest BCUT2D eigenvalue weighted by Gasteiger charge is 2.15. The van der Waals surface area contributed by atoms with Crippen molar-refractivity contribution in [2.24, 2.45) is 0 Å². The van der Waals surface area contributed by atoms with Crippen molar-refractivity contribution in [1.29, 1.82) is 0 Å². The average molecular weight is 327 g/mol. The van der Waals surface area contributed by atoms with Crippen LogP contribution in [0.2, 0.25) is 0 Å². The van der Waals surface area contributed by atoms with Gasteiger partial charge in [-0.15, -0.1) is 0 Å². The molecule has 0 saturated carbocycles. The Bertz CT molecular complexity index is 622. The lowest BCUT2D eigenvalue weighted by Gasteiger charge is -2.20. The summed E-state index contributed by atoms with van der Waals surface area (Å²) in [4.78, 5) is 24.4. The van der Waals surface area contributed by atoms with Gasteiger partial charge in [-0.3, -0.25) is 9.59 Å². The van der Waals surface area contributed by atoms with Crippen LogP contribution in [0.1, 0.15) is 25.8 Å². The van der Waals surface area contributed by atoms with Gasteiger partial charge >= 0.3 is 5.97 Å². The molecule has 0 aliphatic heterocycles. The minimum Gasteiger partial charge on any atom is -0.481 e. The van der Waals surface area contributed by atoms with Crippen molar-refractivity contribution in [3.8, 4) is 0 Å². The van der Waals surface area contributed by atoms with Crippen LogP contribution in [0.4, 0.5) is 0 Å². The summed E-state index contributed by atoms with van der Waals surface area (Å²) in [7, 11) is -3.24. The molecule has 0 saturated heterocycles. The minimum atomic E-state index is -3.24. The third-order valence-electron chi connectivity index (χ3n) is 3.35. The summed E-state index contributed by atoms with van der Waals surface area (Å²) < 4.78 is 23.4. The number of carbonyl (C=O) groups excluding carboxylic acids is 1. The number of benzene rings is 1. The molecule has 0 aliphatic rings. The molecule has 7 heteroatoms. The highest BCUT2D eigenvalue weighted by atomic mass is 32.2. The fraction of sp³-hybridized carbons (Fsp3) is 0.467. The van der Waals surface area contributed by atoms with E-state index in [-0.39, 0.29) is 35.9 Å². The van der Waals surface area contributed by atoms with E-state index in [1.54, 1.807) is 26.0 Å². The maximum Gasteiger partial charge on any atom is 0.305 e. The molecule has 0 spiro atoms. The Labute approximate surface area is 130 Å². The first-order valence-corrected chi connectivity index (χ1v) is 8.76. The Morgan fingerprint density at radius 3 is 2.18 bits per heavy atom. The van der Waals surface area contributed by atoms with Crippen LogP contribution < -0.4 is 0 Å². The number of carbonyl (C=O) groups is 2. The van der Waals surface area contributed by atoms with Crippen LogP contribution in [0.3, 0.4) is 0 Å². The predicted molar refractivity (Wildman–Crippen MR) is 82.4 cm³/mol. The molecule has 6 nitrogen and oxygen atoms in total. The second-order valence-corrected chi connectivity index (χ2v) is 7.12. The van der Waals surface area contributed by atoms with Crippen LogP contribution in [0.15, 0.2) is 29.2 Å². The lowest BCUT2D eigenvalue weighted by atomic mass is 10.1. The summed E-state index contributed by atoms with van der Waals surface area (Å²) in [5.74, 6) is -1.08. The van der Waals surface area contributed by atoms with Gasteiger partial charge in [-0.05, 0) is 24.6 Å². The maximum absolute atomic E-state index is 12.1. The van der Waals surface area contributed by atoms with Crippen molar-refractivity contribution < 1.29 is 23.1 Å². The van der Waals surface area contributed by atoms with Crippen LogP contribution in [-0.2, 0) is 25.8 Å². The molecule has 1 amide bonds. The number of carboxylic acids is 1. The van der Waals surface area contributed by atoms with Gasteiger partial charge in [0.05, 0.1) is 23.5 Å². The van der Waals surface area contributed by atoms with E-state index < -0.39 is 15.8 Å². The van der Waals surface area contributed by atoms with Gasteiger partial charge in [-0.25, -0.2) is 8.42 Å². The van der Waals surface area contributed by atoms with Crippen molar-refractivity contribution in [3.63, 3.8) is 0 Å². The van der Waals surface area contributed by atoms with Gasteiger partial charge in [0.1, 0.15) is 0 Å². The topological polar surface area (TPSA) is 91.8 Å². The van der Waals surface area contributed by atoms with Crippen molar-refractivity contribution in [3.05, 3.63) is 29.8 Å². The zero-order valence-electron chi connectivity index (χ0n) is 12.8. The highest BCUT2D eigenvalue weighted by Crippen LogP contribution is 2.13. The van der Waals surface area contributed by atoms with Gasteiger partial charge in [0.2, 0.25) is 5.91 Å². The molecule has 0 radical (unpaired) electrons. The molecule has 122 valence electrons. The summed E-state index contributed by atoms with van der Waals surface area (Å²) in [6.07, 6.45) is 0.0349. The minimum absolute atomic E-state index is 0.0318. The summed E-state index contributed by atoms with van der Waals surface area (Å²) in [5, 5.41) is 8.66. The molecule has 22 heavy (non-hydrogen) atoms. The highest BCUT2D eigenvalue weighted by molar-refractivity contribution is 7.91. The quantitative estimate of drug-likeness (QED) is 0.778. The molecule has 1 N–H and O–H groups in total. The summed E-state index contributed by atoms with van der Waals surface area (Å²) in [6, 6.07) is 6.22. The van der Waals surface area contributed by atoms with E-state index in [2.05, 4.69) is 0 Å². The summed E-state index contributed by atoms with van der Waals surface area (Å²) in [5.41, 5.74) is 0.703. The Morgan fingerprint density at radius 2 is 1.73 bits per heavy atom. The molecule has 1 aromatic rings. The fourth-order valence-corrected chi connectivity index (χ4v) is 2.84. The van der Waals surface area contributed by atoms with Gasteiger partial charge in [0.15, 0.2) is 9.84 Å². The molecule has 1 aromatic carbocycles. The number of amides is 1. The van der Waals surface area contributed by atoms with E-state index in [0.29, 0.717) is 12.1 Å². The zero-order chi connectivity index (χ0) is 16.8. The molecule has 0 bridgehead atoms. The third-order valence-corrected chi connectivity index (χ3v) is 5.10. The molecule has 0 heterocycles. The smallest absolute Gasteiger partial charge is 0.305 e. The van der Waals surface area contributed by atoms with E-state index in [4.69, 9.17) is 5.11 Å². The maximum atomic E-state index is 12.1. The first-order chi connectivity index (χ1) is 10.3. The van der Waals surface area contributed by atoms with E-state index >= 15 is 0 Å². The normalized spacial score (nSPS) is 11.2. The SMILES string of the molecule is CCN(CCC(=O)O)C(=O)Cc1ccc(S(=O)(=O)CC)cc1. The lowest BCUT2D eigenvalue weighted by molar-refractivity contribution is -0.138. The van der Waals surface area contributed by atoms with Gasteiger partial charge in [0.25, 0.3) is 0 Å². The average Bonchev–Trinajstić information content (AvgIpc) is 2.48. The van der Waals surface area contributed by atoms with E-state index in [0.717, 1.165) is 0 Å². The number of nitrogens with zero attached hydrogens (tertiary/aromatic N) is 1. The predicted octanol–water partition coefficient (Wildman–Crippen LogP) is 1.35.